The molecule has 1 aliphatic rings. The van der Waals surface area contributed by atoms with Crippen LogP contribution in [0.15, 0.2) is 24.3 Å². The Morgan fingerprint density at radius 2 is 1.84 bits per heavy atom. The standard InChI is InChI=1S/C18H28N2O4S/c1-24-17-9-7-15(8-10-17)11-13-20(25(2,22)23)14-12-18(21)19-16-5-3-4-6-16/h7-10,16H,3-6,11-14H2,1-2H3,(H,19,21). The first kappa shape index (κ1) is 19.7. The van der Waals surface area contributed by atoms with Crippen molar-refractivity contribution in [3.8, 4) is 5.75 Å². The van der Waals surface area contributed by atoms with Crippen LogP contribution in [0.3, 0.4) is 0 Å². The lowest BCUT2D eigenvalue weighted by atomic mass is 10.1. The van der Waals surface area contributed by atoms with Gasteiger partial charge in [-0.2, -0.15) is 0 Å². The van der Waals surface area contributed by atoms with Gasteiger partial charge in [0, 0.05) is 25.6 Å². The molecule has 140 valence electrons. The number of benzene rings is 1. The van der Waals surface area contributed by atoms with Crippen molar-refractivity contribution in [1.82, 2.24) is 9.62 Å². The second-order valence-corrected chi connectivity index (χ2v) is 8.54. The largest absolute Gasteiger partial charge is 0.497 e. The monoisotopic (exact) mass is 368 g/mol. The maximum atomic E-state index is 12.0. The Labute approximate surface area is 150 Å². The summed E-state index contributed by atoms with van der Waals surface area (Å²) in [5, 5.41) is 3.00. The molecule has 25 heavy (non-hydrogen) atoms. The fourth-order valence-corrected chi connectivity index (χ4v) is 3.93. The number of amides is 1. The highest BCUT2D eigenvalue weighted by Gasteiger charge is 2.20. The van der Waals surface area contributed by atoms with Gasteiger partial charge in [-0.1, -0.05) is 25.0 Å². The van der Waals surface area contributed by atoms with E-state index in [0.29, 0.717) is 13.0 Å². The van der Waals surface area contributed by atoms with Crippen molar-refractivity contribution in [2.75, 3.05) is 26.5 Å². The van der Waals surface area contributed by atoms with Crippen molar-refractivity contribution >= 4 is 15.9 Å². The molecule has 1 saturated carbocycles. The zero-order valence-electron chi connectivity index (χ0n) is 15.0. The van der Waals surface area contributed by atoms with E-state index in [-0.39, 0.29) is 24.9 Å². The predicted molar refractivity (Wildman–Crippen MR) is 98.1 cm³/mol. The van der Waals surface area contributed by atoms with Crippen LogP contribution >= 0.6 is 0 Å². The highest BCUT2D eigenvalue weighted by molar-refractivity contribution is 7.88. The lowest BCUT2D eigenvalue weighted by Crippen LogP contribution is -2.38. The van der Waals surface area contributed by atoms with E-state index < -0.39 is 10.0 Å². The summed E-state index contributed by atoms with van der Waals surface area (Å²) in [5.74, 6) is 0.706. The number of nitrogens with zero attached hydrogens (tertiary/aromatic N) is 1. The molecule has 1 aliphatic carbocycles. The van der Waals surface area contributed by atoms with Crippen molar-refractivity contribution in [1.29, 1.82) is 0 Å². The number of hydrogen-bond donors (Lipinski definition) is 1. The van der Waals surface area contributed by atoms with E-state index in [1.807, 2.05) is 24.3 Å². The molecule has 6 nitrogen and oxygen atoms in total. The van der Waals surface area contributed by atoms with E-state index in [0.717, 1.165) is 37.0 Å². The summed E-state index contributed by atoms with van der Waals surface area (Å²) in [6.07, 6.45) is 6.35. The third kappa shape index (κ3) is 6.66. The van der Waals surface area contributed by atoms with E-state index >= 15 is 0 Å². The number of methoxy groups -OCH3 is 1. The number of ether oxygens (including phenoxy) is 1. The number of carbonyl (C=O) groups excluding carboxylic acids is 1. The summed E-state index contributed by atoms with van der Waals surface area (Å²) >= 11 is 0. The summed E-state index contributed by atoms with van der Waals surface area (Å²) in [6, 6.07) is 7.82. The zero-order valence-corrected chi connectivity index (χ0v) is 15.8. The maximum Gasteiger partial charge on any atom is 0.221 e. The molecule has 0 unspecified atom stereocenters. The maximum absolute atomic E-state index is 12.0. The summed E-state index contributed by atoms with van der Waals surface area (Å²) in [6.45, 7) is 0.579. The van der Waals surface area contributed by atoms with Gasteiger partial charge in [-0.05, 0) is 37.0 Å². The van der Waals surface area contributed by atoms with Gasteiger partial charge in [0.25, 0.3) is 0 Å². The molecular weight excluding hydrogens is 340 g/mol. The normalized spacial score (nSPS) is 15.5. The minimum Gasteiger partial charge on any atom is -0.497 e. The van der Waals surface area contributed by atoms with Gasteiger partial charge in [0.05, 0.1) is 13.4 Å². The van der Waals surface area contributed by atoms with Crippen LogP contribution in [-0.2, 0) is 21.2 Å². The second kappa shape index (κ2) is 9.20. The molecule has 0 radical (unpaired) electrons. The van der Waals surface area contributed by atoms with Crippen LogP contribution < -0.4 is 10.1 Å². The third-order valence-electron chi connectivity index (χ3n) is 4.59. The SMILES string of the molecule is COc1ccc(CCN(CCC(=O)NC2CCCC2)S(C)(=O)=O)cc1. The van der Waals surface area contributed by atoms with E-state index in [1.54, 1.807) is 7.11 Å². The predicted octanol–water partition coefficient (Wildman–Crippen LogP) is 1.95. The Hall–Kier alpha value is -1.60. The van der Waals surface area contributed by atoms with Crippen LogP contribution in [0.4, 0.5) is 0 Å². The van der Waals surface area contributed by atoms with Crippen LogP contribution in [0.25, 0.3) is 0 Å². The Kier molecular flexibility index (Phi) is 7.25. The summed E-state index contributed by atoms with van der Waals surface area (Å²) in [5.41, 5.74) is 1.03. The molecule has 0 bridgehead atoms. The molecular formula is C18H28N2O4S. The quantitative estimate of drug-likeness (QED) is 0.723. The van der Waals surface area contributed by atoms with Gasteiger partial charge in [-0.15, -0.1) is 0 Å². The number of rotatable bonds is 9. The average molecular weight is 368 g/mol. The van der Waals surface area contributed by atoms with Gasteiger partial charge in [0.15, 0.2) is 0 Å². The molecule has 1 fully saturated rings. The first-order valence-corrected chi connectivity index (χ1v) is 10.6. The zero-order chi connectivity index (χ0) is 18.3. The molecule has 7 heteroatoms. The number of nitrogens with one attached hydrogen (secondary N) is 1. The number of sulfonamides is 1. The van der Waals surface area contributed by atoms with Crippen molar-refractivity contribution in [2.24, 2.45) is 0 Å². The molecule has 0 saturated heterocycles. The van der Waals surface area contributed by atoms with E-state index in [9.17, 15) is 13.2 Å². The first-order chi connectivity index (χ1) is 11.9. The second-order valence-electron chi connectivity index (χ2n) is 6.56. The van der Waals surface area contributed by atoms with E-state index in [1.165, 1.54) is 10.6 Å². The Bertz CT molecular complexity index is 652. The molecule has 0 heterocycles. The summed E-state index contributed by atoms with van der Waals surface area (Å²) in [4.78, 5) is 12.0. The number of hydrogen-bond acceptors (Lipinski definition) is 4. The van der Waals surface area contributed by atoms with Gasteiger partial charge < -0.3 is 10.1 Å². The minimum absolute atomic E-state index is 0.0648. The van der Waals surface area contributed by atoms with Gasteiger partial charge >= 0.3 is 0 Å². The van der Waals surface area contributed by atoms with E-state index in [4.69, 9.17) is 4.74 Å². The van der Waals surface area contributed by atoms with Crippen molar-refractivity contribution < 1.29 is 17.9 Å². The highest BCUT2D eigenvalue weighted by atomic mass is 32.2. The average Bonchev–Trinajstić information content (AvgIpc) is 3.07. The van der Waals surface area contributed by atoms with Crippen LogP contribution in [0.5, 0.6) is 5.75 Å². The lowest BCUT2D eigenvalue weighted by Gasteiger charge is -2.20. The van der Waals surface area contributed by atoms with Crippen LogP contribution in [-0.4, -0.2) is 51.1 Å². The highest BCUT2D eigenvalue weighted by Crippen LogP contribution is 2.17. The Balaban J connectivity index is 1.84. The van der Waals surface area contributed by atoms with Crippen LogP contribution in [0.2, 0.25) is 0 Å². The van der Waals surface area contributed by atoms with Gasteiger partial charge in [0.2, 0.25) is 15.9 Å². The molecule has 1 amide bonds. The molecule has 1 N–H and O–H groups in total. The Morgan fingerprint density at radius 1 is 1.20 bits per heavy atom. The minimum atomic E-state index is -3.34. The van der Waals surface area contributed by atoms with Crippen molar-refractivity contribution in [2.45, 2.75) is 44.6 Å². The molecule has 0 atom stereocenters. The van der Waals surface area contributed by atoms with Crippen LogP contribution in [0.1, 0.15) is 37.7 Å². The summed E-state index contributed by atoms with van der Waals surface area (Å²) < 4.78 is 30.5. The molecule has 1 aromatic rings. The third-order valence-corrected chi connectivity index (χ3v) is 5.89. The van der Waals surface area contributed by atoms with Gasteiger partial charge in [0.1, 0.15) is 5.75 Å². The topological polar surface area (TPSA) is 75.7 Å². The van der Waals surface area contributed by atoms with Crippen LogP contribution in [0, 0.1) is 0 Å². The molecule has 1 aromatic carbocycles. The molecule has 0 aromatic heterocycles. The smallest absolute Gasteiger partial charge is 0.221 e. The molecule has 0 spiro atoms. The molecule has 2 rings (SSSR count). The van der Waals surface area contributed by atoms with Crippen molar-refractivity contribution in [3.05, 3.63) is 29.8 Å². The molecule has 0 aliphatic heterocycles. The lowest BCUT2D eigenvalue weighted by molar-refractivity contribution is -0.121. The van der Waals surface area contributed by atoms with Gasteiger partial charge in [-0.25, -0.2) is 12.7 Å². The van der Waals surface area contributed by atoms with E-state index in [2.05, 4.69) is 5.32 Å². The van der Waals surface area contributed by atoms with Gasteiger partial charge in [-0.3, -0.25) is 4.79 Å². The fraction of sp³-hybridized carbons (Fsp3) is 0.611. The first-order valence-electron chi connectivity index (χ1n) is 8.76. The summed E-state index contributed by atoms with van der Waals surface area (Å²) in [7, 11) is -1.73. The number of carbonyl (C=O) groups is 1. The Morgan fingerprint density at radius 3 is 2.40 bits per heavy atom. The fourth-order valence-electron chi connectivity index (χ4n) is 3.09. The van der Waals surface area contributed by atoms with Crippen molar-refractivity contribution in [3.63, 3.8) is 0 Å².